The summed E-state index contributed by atoms with van der Waals surface area (Å²) in [6.07, 6.45) is 2.75. The lowest BCUT2D eigenvalue weighted by molar-refractivity contribution is 0.630. The zero-order chi connectivity index (χ0) is 15.4. The van der Waals surface area contributed by atoms with Gasteiger partial charge in [-0.3, -0.25) is 0 Å². The Morgan fingerprint density at radius 3 is 2.64 bits per heavy atom. The van der Waals surface area contributed by atoms with Gasteiger partial charge in [0.15, 0.2) is 0 Å². The van der Waals surface area contributed by atoms with Crippen LogP contribution < -0.4 is 4.72 Å². The minimum Gasteiger partial charge on any atom is -0.360 e. The molecule has 0 amide bonds. The Balaban J connectivity index is 1.69. The molecule has 0 unspecified atom stereocenters. The zero-order valence-electron chi connectivity index (χ0n) is 12.3. The van der Waals surface area contributed by atoms with Crippen LogP contribution in [0, 0.1) is 5.82 Å². The molecule has 3 rings (SSSR count). The maximum Gasteiger partial charge on any atom is 0.147 e. The van der Waals surface area contributed by atoms with Crippen LogP contribution in [0.2, 0.25) is 0 Å². The van der Waals surface area contributed by atoms with Crippen LogP contribution in [0.4, 0.5) is 10.1 Å². The number of aromatic amines is 1. The quantitative estimate of drug-likeness (QED) is 0.609. The topological polar surface area (TPSA) is 27.8 Å². The molecule has 22 heavy (non-hydrogen) atoms. The van der Waals surface area contributed by atoms with Gasteiger partial charge in [-0.2, -0.15) is 0 Å². The number of halogens is 1. The fourth-order valence-electron chi connectivity index (χ4n) is 2.19. The molecule has 3 aromatic rings. The highest BCUT2D eigenvalue weighted by Crippen LogP contribution is 2.27. The van der Waals surface area contributed by atoms with E-state index in [1.807, 2.05) is 43.5 Å². The maximum absolute atomic E-state index is 13.9. The number of hydrogen-bond donors (Lipinski definition) is 2. The van der Waals surface area contributed by atoms with Gasteiger partial charge in [0.1, 0.15) is 5.82 Å². The van der Waals surface area contributed by atoms with Crippen LogP contribution in [-0.2, 0) is 6.42 Å². The van der Waals surface area contributed by atoms with Crippen LogP contribution in [0.25, 0.3) is 11.3 Å². The minimum absolute atomic E-state index is 0.217. The number of aromatic nitrogens is 1. The predicted octanol–water partition coefficient (Wildman–Crippen LogP) is 5.50. The average Bonchev–Trinajstić information content (AvgIpc) is 3.03. The Morgan fingerprint density at radius 2 is 1.91 bits per heavy atom. The summed E-state index contributed by atoms with van der Waals surface area (Å²) in [5.41, 5.74) is 3.69. The van der Waals surface area contributed by atoms with Crippen LogP contribution in [-0.4, -0.2) is 4.98 Å². The molecular weight excluding hydrogens is 295 g/mol. The van der Waals surface area contributed by atoms with Gasteiger partial charge in [0.25, 0.3) is 0 Å². The summed E-state index contributed by atoms with van der Waals surface area (Å²) in [6, 6.07) is 17.5. The van der Waals surface area contributed by atoms with E-state index in [2.05, 4.69) is 21.8 Å². The van der Waals surface area contributed by atoms with Crippen molar-refractivity contribution in [3.05, 3.63) is 72.2 Å². The molecule has 2 N–H and O–H groups in total. The van der Waals surface area contributed by atoms with E-state index in [-0.39, 0.29) is 5.82 Å². The van der Waals surface area contributed by atoms with Gasteiger partial charge in [-0.05, 0) is 47.7 Å². The molecule has 0 bridgehead atoms. The van der Waals surface area contributed by atoms with E-state index < -0.39 is 0 Å². The molecule has 1 heterocycles. The van der Waals surface area contributed by atoms with Crippen molar-refractivity contribution in [1.29, 1.82) is 0 Å². The third-order valence-corrected chi connectivity index (χ3v) is 4.26. The fraction of sp³-hybridized carbons (Fsp3) is 0.111. The highest BCUT2D eigenvalue weighted by atomic mass is 32.2. The van der Waals surface area contributed by atoms with Gasteiger partial charge in [0.2, 0.25) is 0 Å². The van der Waals surface area contributed by atoms with Gasteiger partial charge in [-0.15, -0.1) is 0 Å². The third-order valence-electron chi connectivity index (χ3n) is 3.46. The first-order valence-electron chi connectivity index (χ1n) is 7.21. The van der Waals surface area contributed by atoms with Crippen molar-refractivity contribution in [1.82, 2.24) is 4.98 Å². The Morgan fingerprint density at radius 1 is 1.09 bits per heavy atom. The number of H-pyrrole nitrogens is 1. The summed E-state index contributed by atoms with van der Waals surface area (Å²) in [7, 11) is 0. The van der Waals surface area contributed by atoms with Crippen molar-refractivity contribution in [3.8, 4) is 11.3 Å². The maximum atomic E-state index is 13.9. The molecule has 0 saturated carbocycles. The monoisotopic (exact) mass is 312 g/mol. The molecule has 0 saturated heterocycles. The van der Waals surface area contributed by atoms with Crippen LogP contribution in [0.5, 0.6) is 0 Å². The van der Waals surface area contributed by atoms with Gasteiger partial charge in [0.05, 0.1) is 5.69 Å². The second-order valence-electron chi connectivity index (χ2n) is 4.99. The second-order valence-corrected chi connectivity index (χ2v) is 5.87. The van der Waals surface area contributed by atoms with Crippen LogP contribution in [0.15, 0.2) is 65.7 Å². The number of nitrogens with one attached hydrogen (secondary N) is 2. The van der Waals surface area contributed by atoms with E-state index in [9.17, 15) is 4.39 Å². The lowest BCUT2D eigenvalue weighted by Crippen LogP contribution is -1.92. The van der Waals surface area contributed by atoms with Gasteiger partial charge in [-0.1, -0.05) is 43.3 Å². The van der Waals surface area contributed by atoms with Gasteiger partial charge in [-0.25, -0.2) is 4.39 Å². The molecule has 4 heteroatoms. The van der Waals surface area contributed by atoms with Crippen molar-refractivity contribution in [2.24, 2.45) is 0 Å². The molecule has 0 spiro atoms. The molecule has 1 aromatic heterocycles. The molecule has 0 aliphatic rings. The zero-order valence-corrected chi connectivity index (χ0v) is 13.1. The van der Waals surface area contributed by atoms with Crippen molar-refractivity contribution in [2.75, 3.05) is 4.72 Å². The summed E-state index contributed by atoms with van der Waals surface area (Å²) in [5.74, 6) is -0.217. The number of aryl methyl sites for hydroxylation is 1. The first-order chi connectivity index (χ1) is 10.8. The molecule has 0 fully saturated rings. The van der Waals surface area contributed by atoms with Crippen molar-refractivity contribution in [3.63, 3.8) is 0 Å². The van der Waals surface area contributed by atoms with Crippen molar-refractivity contribution >= 4 is 17.6 Å². The highest BCUT2D eigenvalue weighted by molar-refractivity contribution is 8.00. The average molecular weight is 312 g/mol. The SMILES string of the molecule is CCc1ccc(NSc2c[nH]c(-c3ccccc3)c2)c(F)c1. The molecule has 0 aliphatic heterocycles. The predicted molar refractivity (Wildman–Crippen MR) is 91.5 cm³/mol. The smallest absolute Gasteiger partial charge is 0.147 e. The first-order valence-corrected chi connectivity index (χ1v) is 8.03. The molecule has 0 radical (unpaired) electrons. The summed E-state index contributed by atoms with van der Waals surface area (Å²) < 4.78 is 17.0. The summed E-state index contributed by atoms with van der Waals surface area (Å²) in [6.45, 7) is 2.02. The Hall–Kier alpha value is -2.20. The normalized spacial score (nSPS) is 10.6. The van der Waals surface area contributed by atoms with E-state index in [1.54, 1.807) is 12.1 Å². The van der Waals surface area contributed by atoms with Gasteiger partial charge < -0.3 is 9.71 Å². The number of anilines is 1. The third kappa shape index (κ3) is 3.34. The second kappa shape index (κ2) is 6.71. The van der Waals surface area contributed by atoms with Crippen molar-refractivity contribution in [2.45, 2.75) is 18.2 Å². The van der Waals surface area contributed by atoms with Gasteiger partial charge >= 0.3 is 0 Å². The largest absolute Gasteiger partial charge is 0.360 e. The minimum atomic E-state index is -0.217. The van der Waals surface area contributed by atoms with Gasteiger partial charge in [0, 0.05) is 16.8 Å². The van der Waals surface area contributed by atoms with Crippen LogP contribution in [0.1, 0.15) is 12.5 Å². The lowest BCUT2D eigenvalue weighted by atomic mass is 10.1. The summed E-state index contributed by atoms with van der Waals surface area (Å²) >= 11 is 1.40. The number of benzene rings is 2. The number of rotatable bonds is 5. The van der Waals surface area contributed by atoms with E-state index in [0.717, 1.165) is 28.1 Å². The highest BCUT2D eigenvalue weighted by Gasteiger charge is 2.05. The fourth-order valence-corrected chi connectivity index (χ4v) is 2.88. The molecule has 112 valence electrons. The van der Waals surface area contributed by atoms with E-state index in [1.165, 1.54) is 11.9 Å². The first kappa shape index (κ1) is 14.7. The standard InChI is InChI=1S/C18H17FN2S/c1-2-13-8-9-17(16(19)10-13)21-22-15-11-18(20-12-15)14-6-4-3-5-7-14/h3-12,20-21H,2H2,1H3. The molecule has 0 atom stereocenters. The Bertz CT molecular complexity index is 753. The van der Waals surface area contributed by atoms with Crippen LogP contribution >= 0.6 is 11.9 Å². The molecule has 2 aromatic carbocycles. The Labute approximate surface area is 133 Å². The molecular formula is C18H17FN2S. The van der Waals surface area contributed by atoms with Crippen molar-refractivity contribution < 1.29 is 4.39 Å². The van der Waals surface area contributed by atoms with Crippen LogP contribution in [0.3, 0.4) is 0 Å². The summed E-state index contributed by atoms with van der Waals surface area (Å²) in [4.78, 5) is 4.25. The summed E-state index contributed by atoms with van der Waals surface area (Å²) in [5, 5.41) is 0. The number of hydrogen-bond acceptors (Lipinski definition) is 2. The van der Waals surface area contributed by atoms with E-state index in [0.29, 0.717) is 5.69 Å². The lowest BCUT2D eigenvalue weighted by Gasteiger charge is -2.06. The Kier molecular flexibility index (Phi) is 4.49. The molecule has 0 aliphatic carbocycles. The van der Waals surface area contributed by atoms with E-state index in [4.69, 9.17) is 0 Å². The molecule has 2 nitrogen and oxygen atoms in total. The van der Waals surface area contributed by atoms with E-state index >= 15 is 0 Å².